The number of halogens is 1. The van der Waals surface area contributed by atoms with Gasteiger partial charge in [0.1, 0.15) is 0 Å². The number of hydrogen-bond acceptors (Lipinski definition) is 0. The number of fused-ring (bicyclic) bond motifs is 4. The molecule has 35 heavy (non-hydrogen) atoms. The molecule has 164 valence electrons. The zero-order chi connectivity index (χ0) is 23.4. The third kappa shape index (κ3) is 3.07. The van der Waals surface area contributed by atoms with Gasteiger partial charge in [0.05, 0.1) is 0 Å². The van der Waals surface area contributed by atoms with E-state index in [0.717, 1.165) is 10.4 Å². The lowest BCUT2D eigenvalue weighted by atomic mass is 9.83. The first-order valence-corrected chi connectivity index (χ1v) is 12.3. The molecule has 0 aliphatic rings. The highest BCUT2D eigenvalue weighted by Gasteiger charge is 2.20. The Morgan fingerprint density at radius 1 is 0.343 bits per heavy atom. The van der Waals surface area contributed by atoms with Gasteiger partial charge in [-0.2, -0.15) is 0 Å². The van der Waals surface area contributed by atoms with Crippen molar-refractivity contribution in [3.63, 3.8) is 0 Å². The van der Waals surface area contributed by atoms with E-state index in [1.165, 1.54) is 60.0 Å². The third-order valence-electron chi connectivity index (χ3n) is 7.12. The van der Waals surface area contributed by atoms with Crippen molar-refractivity contribution in [3.05, 3.63) is 132 Å². The smallest absolute Gasteiger partial charge is 0.0491 e. The minimum Gasteiger partial charge on any atom is -0.0836 e. The van der Waals surface area contributed by atoms with Crippen molar-refractivity contribution in [1.29, 1.82) is 0 Å². The molecule has 1 heteroatoms. The van der Waals surface area contributed by atoms with Crippen LogP contribution < -0.4 is 0 Å². The number of rotatable bonds is 2. The van der Waals surface area contributed by atoms with Gasteiger partial charge in [0, 0.05) is 10.4 Å². The topological polar surface area (TPSA) is 0 Å². The maximum atomic E-state index is 7.04. The van der Waals surface area contributed by atoms with Crippen LogP contribution in [0.1, 0.15) is 0 Å². The Bertz CT molecular complexity index is 1900. The van der Waals surface area contributed by atoms with Crippen LogP contribution in [0, 0.1) is 0 Å². The molecule has 0 N–H and O–H groups in total. The molecule has 0 heterocycles. The SMILES string of the molecule is Clc1cccc2c(-c3cccc4ccccc34)c3ccccc3c(-c3cccc4ccccc34)c12. The van der Waals surface area contributed by atoms with Crippen molar-refractivity contribution in [2.24, 2.45) is 0 Å². The molecule has 0 radical (unpaired) electrons. The van der Waals surface area contributed by atoms with Crippen LogP contribution in [0.2, 0.25) is 5.02 Å². The summed E-state index contributed by atoms with van der Waals surface area (Å²) < 4.78 is 0. The highest BCUT2D eigenvalue weighted by Crippen LogP contribution is 2.48. The van der Waals surface area contributed by atoms with Gasteiger partial charge in [0.15, 0.2) is 0 Å². The van der Waals surface area contributed by atoms with Crippen molar-refractivity contribution in [1.82, 2.24) is 0 Å². The summed E-state index contributed by atoms with van der Waals surface area (Å²) in [7, 11) is 0. The van der Waals surface area contributed by atoms with Crippen LogP contribution in [0.4, 0.5) is 0 Å². The monoisotopic (exact) mass is 464 g/mol. The summed E-state index contributed by atoms with van der Waals surface area (Å²) >= 11 is 7.04. The molecule has 0 aliphatic carbocycles. The van der Waals surface area contributed by atoms with Crippen molar-refractivity contribution >= 4 is 54.7 Å². The van der Waals surface area contributed by atoms with Crippen molar-refractivity contribution in [2.45, 2.75) is 0 Å². The van der Waals surface area contributed by atoms with E-state index in [4.69, 9.17) is 11.6 Å². The third-order valence-corrected chi connectivity index (χ3v) is 7.43. The van der Waals surface area contributed by atoms with Crippen LogP contribution >= 0.6 is 11.6 Å². The molecule has 7 rings (SSSR count). The second-order valence-electron chi connectivity index (χ2n) is 9.01. The fraction of sp³-hybridized carbons (Fsp3) is 0. The maximum Gasteiger partial charge on any atom is 0.0491 e. The molecule has 0 bridgehead atoms. The Balaban J connectivity index is 1.73. The van der Waals surface area contributed by atoms with Crippen LogP contribution in [0.15, 0.2) is 127 Å². The summed E-state index contributed by atoms with van der Waals surface area (Å²) in [4.78, 5) is 0. The summed E-state index contributed by atoms with van der Waals surface area (Å²) in [6.07, 6.45) is 0. The van der Waals surface area contributed by atoms with E-state index in [-0.39, 0.29) is 0 Å². The predicted molar refractivity (Wildman–Crippen MR) is 152 cm³/mol. The Kier molecular flexibility index (Phi) is 4.62. The molecule has 0 aromatic heterocycles. The van der Waals surface area contributed by atoms with Gasteiger partial charge in [-0.1, -0.05) is 133 Å². The van der Waals surface area contributed by atoms with E-state index in [0.29, 0.717) is 0 Å². The van der Waals surface area contributed by atoms with Gasteiger partial charge in [-0.25, -0.2) is 0 Å². The van der Waals surface area contributed by atoms with Crippen LogP contribution in [0.25, 0.3) is 65.3 Å². The van der Waals surface area contributed by atoms with Crippen molar-refractivity contribution < 1.29 is 0 Å². The molecule has 0 nitrogen and oxygen atoms in total. The van der Waals surface area contributed by atoms with Crippen LogP contribution in [0.5, 0.6) is 0 Å². The molecule has 0 unspecified atom stereocenters. The van der Waals surface area contributed by atoms with E-state index in [9.17, 15) is 0 Å². The van der Waals surface area contributed by atoms with Crippen molar-refractivity contribution in [3.8, 4) is 22.3 Å². The fourth-order valence-electron chi connectivity index (χ4n) is 5.64. The zero-order valence-electron chi connectivity index (χ0n) is 19.0. The molecule has 0 aliphatic heterocycles. The highest BCUT2D eigenvalue weighted by molar-refractivity contribution is 6.39. The summed E-state index contributed by atoms with van der Waals surface area (Å²) in [6, 6.07) is 45.4. The van der Waals surface area contributed by atoms with Gasteiger partial charge < -0.3 is 0 Å². The maximum absolute atomic E-state index is 7.04. The highest BCUT2D eigenvalue weighted by atomic mass is 35.5. The van der Waals surface area contributed by atoms with Gasteiger partial charge in [0.25, 0.3) is 0 Å². The standard InChI is InChI=1S/C34H21Cl/c35-31-21-9-20-30-32(26-18-7-12-22-10-1-3-14-24(22)26)28-16-5-6-17-29(28)33(34(30)31)27-19-8-13-23-11-2-4-15-25(23)27/h1-21H. The average Bonchev–Trinajstić information content (AvgIpc) is 2.91. The van der Waals surface area contributed by atoms with Crippen LogP contribution in [0.3, 0.4) is 0 Å². The Morgan fingerprint density at radius 2 is 0.771 bits per heavy atom. The molecule has 7 aromatic carbocycles. The van der Waals surface area contributed by atoms with Gasteiger partial charge in [-0.3, -0.25) is 0 Å². The van der Waals surface area contributed by atoms with E-state index >= 15 is 0 Å². The van der Waals surface area contributed by atoms with Crippen LogP contribution in [-0.2, 0) is 0 Å². The zero-order valence-corrected chi connectivity index (χ0v) is 19.8. The number of benzene rings is 7. The Hall–Kier alpha value is -4.13. The first-order chi connectivity index (χ1) is 17.3. The largest absolute Gasteiger partial charge is 0.0836 e. The second kappa shape index (κ2) is 7.98. The van der Waals surface area contributed by atoms with Gasteiger partial charge in [0.2, 0.25) is 0 Å². The van der Waals surface area contributed by atoms with E-state index in [2.05, 4.69) is 121 Å². The normalized spacial score (nSPS) is 11.6. The van der Waals surface area contributed by atoms with E-state index in [1.54, 1.807) is 0 Å². The molecule has 0 fully saturated rings. The summed E-state index contributed by atoms with van der Waals surface area (Å²) in [6.45, 7) is 0. The van der Waals surface area contributed by atoms with Crippen molar-refractivity contribution in [2.75, 3.05) is 0 Å². The minimum atomic E-state index is 0.776. The summed E-state index contributed by atoms with van der Waals surface area (Å²) in [5.74, 6) is 0. The quantitative estimate of drug-likeness (QED) is 0.223. The van der Waals surface area contributed by atoms with Gasteiger partial charge >= 0.3 is 0 Å². The first kappa shape index (κ1) is 20.3. The molecule has 7 aromatic rings. The Morgan fingerprint density at radius 3 is 1.40 bits per heavy atom. The predicted octanol–water partition coefficient (Wildman–Crippen LogP) is 10.3. The number of hydrogen-bond donors (Lipinski definition) is 0. The Labute approximate surface area is 209 Å². The second-order valence-corrected chi connectivity index (χ2v) is 9.42. The molecule has 0 amide bonds. The lowest BCUT2D eigenvalue weighted by molar-refractivity contribution is 1.68. The molecule has 0 spiro atoms. The molecule has 0 atom stereocenters. The van der Waals surface area contributed by atoms with E-state index < -0.39 is 0 Å². The molecular weight excluding hydrogens is 444 g/mol. The molecule has 0 saturated heterocycles. The molecular formula is C34H21Cl. The average molecular weight is 465 g/mol. The summed E-state index contributed by atoms with van der Waals surface area (Å²) in [5, 5.41) is 10.5. The van der Waals surface area contributed by atoms with Gasteiger partial charge in [-0.05, 0) is 66.0 Å². The lowest BCUT2D eigenvalue weighted by Crippen LogP contribution is -1.93. The molecule has 0 saturated carbocycles. The first-order valence-electron chi connectivity index (χ1n) is 11.9. The lowest BCUT2D eigenvalue weighted by Gasteiger charge is -2.20. The van der Waals surface area contributed by atoms with E-state index in [1.807, 2.05) is 6.07 Å². The summed E-state index contributed by atoms with van der Waals surface area (Å²) in [5.41, 5.74) is 4.87. The fourth-order valence-corrected chi connectivity index (χ4v) is 5.91. The van der Waals surface area contributed by atoms with Gasteiger partial charge in [-0.15, -0.1) is 0 Å². The minimum absolute atomic E-state index is 0.776. The van der Waals surface area contributed by atoms with Crippen LogP contribution in [-0.4, -0.2) is 0 Å².